The van der Waals surface area contributed by atoms with E-state index in [4.69, 9.17) is 30.4 Å². The summed E-state index contributed by atoms with van der Waals surface area (Å²) in [6.45, 7) is 22.3. The number of ether oxygens (including phenoxy) is 2. The summed E-state index contributed by atoms with van der Waals surface area (Å²) in [5, 5.41) is 2.57. The molecule has 0 amide bonds. The quantitative estimate of drug-likeness (QED) is 0.214. The van der Waals surface area contributed by atoms with Crippen molar-refractivity contribution < 1.29 is 18.8 Å². The maximum atomic E-state index is 6.86. The molecular weight excluding hydrogens is 487 g/mol. The Bertz CT molecular complexity index is 1130. The highest BCUT2D eigenvalue weighted by atomic mass is 35.5. The molecule has 0 saturated carbocycles. The van der Waals surface area contributed by atoms with E-state index in [1.165, 1.54) is 0 Å². The third-order valence-corrected chi connectivity index (χ3v) is 14.8. The molecule has 1 aliphatic rings. The number of rotatable bonds is 7. The fourth-order valence-electron chi connectivity index (χ4n) is 5.54. The highest BCUT2D eigenvalue weighted by Gasteiger charge is 2.52. The third kappa shape index (κ3) is 5.24. The minimum Gasteiger partial charge on any atom is -0.468 e. The number of fused-ring (bicyclic) bond motifs is 1. The Morgan fingerprint density at radius 1 is 0.944 bits per heavy atom. The van der Waals surface area contributed by atoms with E-state index >= 15 is 0 Å². The van der Waals surface area contributed by atoms with Crippen LogP contribution in [0.25, 0.3) is 10.8 Å². The molecule has 0 aromatic heterocycles. The van der Waals surface area contributed by atoms with Crippen molar-refractivity contribution in [1.82, 2.24) is 0 Å². The van der Waals surface area contributed by atoms with Crippen LogP contribution in [-0.2, 0) is 14.0 Å². The molecule has 2 aromatic carbocycles. The maximum absolute atomic E-state index is 6.86. The minimum absolute atomic E-state index is 0.153. The lowest BCUT2D eigenvalue weighted by Crippen LogP contribution is -2.43. The largest absolute Gasteiger partial charge is 0.495 e. The molecule has 0 bridgehead atoms. The van der Waals surface area contributed by atoms with Gasteiger partial charge in [-0.15, -0.1) is 5.54 Å². The van der Waals surface area contributed by atoms with Crippen LogP contribution in [0.4, 0.5) is 0 Å². The zero-order valence-corrected chi connectivity index (χ0v) is 25.6. The fraction of sp³-hybridized carbons (Fsp3) is 0.586. The number of benzene rings is 2. The van der Waals surface area contributed by atoms with Gasteiger partial charge in [-0.3, -0.25) is 0 Å². The first-order chi connectivity index (χ1) is 16.7. The van der Waals surface area contributed by atoms with E-state index in [2.05, 4.69) is 80.7 Å². The van der Waals surface area contributed by atoms with Crippen molar-refractivity contribution in [3.8, 4) is 17.2 Å². The van der Waals surface area contributed by atoms with Crippen molar-refractivity contribution in [2.45, 2.75) is 97.1 Å². The van der Waals surface area contributed by atoms with Gasteiger partial charge in [0.1, 0.15) is 13.8 Å². The van der Waals surface area contributed by atoms with Gasteiger partial charge in [-0.05, 0) is 78.8 Å². The van der Waals surface area contributed by atoms with Gasteiger partial charge >= 0.3 is 7.12 Å². The van der Waals surface area contributed by atoms with E-state index in [0.29, 0.717) is 27.4 Å². The summed E-state index contributed by atoms with van der Waals surface area (Å²) < 4.78 is 24.0. The van der Waals surface area contributed by atoms with Gasteiger partial charge in [-0.1, -0.05) is 65.1 Å². The van der Waals surface area contributed by atoms with Crippen molar-refractivity contribution in [3.63, 3.8) is 0 Å². The maximum Gasteiger partial charge on any atom is 0.495 e. The Kier molecular flexibility index (Phi) is 8.65. The molecule has 0 unspecified atom stereocenters. The molecule has 3 rings (SSSR count). The van der Waals surface area contributed by atoms with E-state index in [0.717, 1.165) is 21.8 Å². The van der Waals surface area contributed by atoms with Crippen molar-refractivity contribution in [2.24, 2.45) is 0 Å². The lowest BCUT2D eigenvalue weighted by atomic mass is 9.75. The highest BCUT2D eigenvalue weighted by molar-refractivity contribution is 6.90. The Labute approximate surface area is 224 Å². The highest BCUT2D eigenvalue weighted by Crippen LogP contribution is 2.42. The predicted molar refractivity (Wildman–Crippen MR) is 155 cm³/mol. The molecule has 1 saturated heterocycles. The van der Waals surface area contributed by atoms with E-state index < -0.39 is 26.4 Å². The number of halogens is 1. The Hall–Kier alpha value is -1.49. The van der Waals surface area contributed by atoms with Crippen LogP contribution in [0.1, 0.15) is 74.8 Å². The van der Waals surface area contributed by atoms with Crippen LogP contribution in [0.2, 0.25) is 21.6 Å². The van der Waals surface area contributed by atoms with E-state index in [1.807, 2.05) is 24.3 Å². The molecule has 0 aliphatic carbocycles. The van der Waals surface area contributed by atoms with Crippen LogP contribution in [0.15, 0.2) is 24.3 Å². The molecule has 0 N–H and O–H groups in total. The minimum atomic E-state index is -1.97. The van der Waals surface area contributed by atoms with E-state index in [9.17, 15) is 0 Å². The average molecular weight is 529 g/mol. The molecule has 1 fully saturated rings. The van der Waals surface area contributed by atoms with Gasteiger partial charge in [0, 0.05) is 7.11 Å². The topological polar surface area (TPSA) is 36.9 Å². The van der Waals surface area contributed by atoms with Gasteiger partial charge in [0.05, 0.1) is 21.8 Å². The molecular formula is C29H42BClO4Si. The summed E-state index contributed by atoms with van der Waals surface area (Å²) >= 11 is 6.86. The van der Waals surface area contributed by atoms with E-state index in [-0.39, 0.29) is 6.79 Å². The number of hydrogen-bond donors (Lipinski definition) is 0. The number of hydrogen-bond acceptors (Lipinski definition) is 4. The Morgan fingerprint density at radius 2 is 1.50 bits per heavy atom. The van der Waals surface area contributed by atoms with Crippen LogP contribution in [-0.4, -0.2) is 40.3 Å². The lowest BCUT2D eigenvalue weighted by molar-refractivity contribution is 0.00578. The molecule has 0 radical (unpaired) electrons. The van der Waals surface area contributed by atoms with Crippen LogP contribution in [0.5, 0.6) is 5.75 Å². The standard InChI is InChI=1S/C29H42BClO4Si/c1-19(2)36(20(3)4,21(5)6)15-14-24-26(31)13-12-22-16-23(33-18-32-11)17-25(27(22)24)30-34-28(7,8)29(9,10)35-30/h12-13,16-17,19-21H,18H2,1-11H3. The predicted octanol–water partition coefficient (Wildman–Crippen LogP) is 7.34. The normalized spacial score (nSPS) is 17.2. The summed E-state index contributed by atoms with van der Waals surface area (Å²) in [7, 11) is -0.937. The number of methoxy groups -OCH3 is 1. The summed E-state index contributed by atoms with van der Waals surface area (Å²) in [4.78, 5) is 0. The van der Waals surface area contributed by atoms with Crippen molar-refractivity contribution in [3.05, 3.63) is 34.9 Å². The summed E-state index contributed by atoms with van der Waals surface area (Å²) in [6.07, 6.45) is 0. The second kappa shape index (κ2) is 10.7. The Balaban J connectivity index is 2.32. The van der Waals surface area contributed by atoms with Crippen LogP contribution < -0.4 is 10.2 Å². The van der Waals surface area contributed by atoms with Gasteiger partial charge in [0.2, 0.25) is 0 Å². The fourth-order valence-corrected chi connectivity index (χ4v) is 10.9. The molecule has 7 heteroatoms. The smallest absolute Gasteiger partial charge is 0.468 e. The van der Waals surface area contributed by atoms with Crippen LogP contribution in [0.3, 0.4) is 0 Å². The first-order valence-corrected chi connectivity index (χ1v) is 15.6. The van der Waals surface area contributed by atoms with Crippen molar-refractivity contribution in [1.29, 1.82) is 0 Å². The lowest BCUT2D eigenvalue weighted by Gasteiger charge is -2.38. The van der Waals surface area contributed by atoms with Gasteiger partial charge in [0.25, 0.3) is 0 Å². The van der Waals surface area contributed by atoms with Crippen molar-refractivity contribution in [2.75, 3.05) is 13.9 Å². The molecule has 36 heavy (non-hydrogen) atoms. The summed E-state index contributed by atoms with van der Waals surface area (Å²) in [5.74, 6) is 4.30. The monoisotopic (exact) mass is 528 g/mol. The summed E-state index contributed by atoms with van der Waals surface area (Å²) in [6, 6.07) is 7.91. The van der Waals surface area contributed by atoms with Crippen molar-refractivity contribution >= 4 is 43.0 Å². The average Bonchev–Trinajstić information content (AvgIpc) is 2.99. The van der Waals surface area contributed by atoms with Gasteiger partial charge in [-0.2, -0.15) is 0 Å². The second-order valence-electron chi connectivity index (χ2n) is 11.8. The zero-order chi connectivity index (χ0) is 27.1. The zero-order valence-electron chi connectivity index (χ0n) is 23.8. The van der Waals surface area contributed by atoms with Crippen LogP contribution >= 0.6 is 11.6 Å². The third-order valence-electron chi connectivity index (χ3n) is 8.19. The van der Waals surface area contributed by atoms with Gasteiger partial charge in [0.15, 0.2) is 6.79 Å². The molecule has 196 valence electrons. The van der Waals surface area contributed by atoms with Gasteiger partial charge < -0.3 is 18.8 Å². The molecule has 0 spiro atoms. The molecule has 0 atom stereocenters. The molecule has 4 nitrogen and oxygen atoms in total. The Morgan fingerprint density at radius 3 is 2.00 bits per heavy atom. The van der Waals surface area contributed by atoms with E-state index in [1.54, 1.807) is 7.11 Å². The van der Waals surface area contributed by atoms with Crippen LogP contribution in [0, 0.1) is 11.5 Å². The molecule has 2 aromatic rings. The second-order valence-corrected chi connectivity index (χ2v) is 17.8. The SMILES string of the molecule is COCOc1cc(B2OC(C)(C)C(C)(C)O2)c2c(C#C[Si](C(C)C)(C(C)C)C(C)C)c(Cl)ccc2c1. The molecule has 1 heterocycles. The first kappa shape index (κ1) is 29.1. The summed E-state index contributed by atoms with van der Waals surface area (Å²) in [5.41, 5.74) is 6.16. The first-order valence-electron chi connectivity index (χ1n) is 12.9. The van der Waals surface area contributed by atoms with Gasteiger partial charge in [-0.25, -0.2) is 0 Å². The molecule has 1 aliphatic heterocycles.